The molecule has 2 heteroatoms. The first kappa shape index (κ1) is 12.3. The Morgan fingerprint density at radius 1 is 1.25 bits per heavy atom. The molecule has 1 nitrogen and oxygen atoms in total. The Kier molecular flexibility index (Phi) is 5.26. The van der Waals surface area contributed by atoms with E-state index in [4.69, 9.17) is 5.73 Å². The van der Waals surface area contributed by atoms with Crippen molar-refractivity contribution in [2.24, 2.45) is 11.1 Å². The molecule has 12 heavy (non-hydrogen) atoms. The Hall–Kier alpha value is 0.310. The molecule has 0 aromatic heterocycles. The summed E-state index contributed by atoms with van der Waals surface area (Å²) in [6.07, 6.45) is 1.08. The quantitative estimate of drug-likeness (QED) is 0.736. The maximum atomic E-state index is 6.07. The summed E-state index contributed by atoms with van der Waals surface area (Å²) in [4.78, 5) is 0. The molecule has 0 aliphatic rings. The Balaban J connectivity index is 4.22. The van der Waals surface area contributed by atoms with Gasteiger partial charge in [0, 0.05) is 11.3 Å². The van der Waals surface area contributed by atoms with Crippen molar-refractivity contribution in [1.29, 1.82) is 0 Å². The van der Waals surface area contributed by atoms with Gasteiger partial charge in [0.05, 0.1) is 0 Å². The lowest BCUT2D eigenvalue weighted by Gasteiger charge is -2.34. The van der Waals surface area contributed by atoms with E-state index in [1.54, 1.807) is 0 Å². The van der Waals surface area contributed by atoms with Gasteiger partial charge in [0.25, 0.3) is 0 Å². The highest BCUT2D eigenvalue weighted by molar-refractivity contribution is 7.99. The van der Waals surface area contributed by atoms with Gasteiger partial charge in [-0.1, -0.05) is 34.6 Å². The first-order valence-corrected chi connectivity index (χ1v) is 5.85. The number of hydrogen-bond donors (Lipinski definition) is 1. The van der Waals surface area contributed by atoms with Gasteiger partial charge in [-0.3, -0.25) is 0 Å². The summed E-state index contributed by atoms with van der Waals surface area (Å²) in [5.74, 6) is 1.16. The summed E-state index contributed by atoms with van der Waals surface area (Å²) in [6.45, 7) is 11.2. The molecule has 0 amide bonds. The molecule has 0 saturated carbocycles. The zero-order valence-electron chi connectivity index (χ0n) is 9.05. The van der Waals surface area contributed by atoms with Crippen LogP contribution in [0.3, 0.4) is 0 Å². The number of thioether (sulfide) groups is 1. The van der Waals surface area contributed by atoms with Gasteiger partial charge in [0.2, 0.25) is 0 Å². The van der Waals surface area contributed by atoms with Gasteiger partial charge < -0.3 is 5.73 Å². The van der Waals surface area contributed by atoms with Gasteiger partial charge in [-0.25, -0.2) is 0 Å². The van der Waals surface area contributed by atoms with Crippen molar-refractivity contribution in [3.63, 3.8) is 0 Å². The van der Waals surface area contributed by atoms with Crippen LogP contribution in [0.1, 0.15) is 41.0 Å². The third kappa shape index (κ3) is 3.81. The van der Waals surface area contributed by atoms with Crippen LogP contribution in [-0.4, -0.2) is 17.0 Å². The molecule has 0 radical (unpaired) electrons. The average molecular weight is 189 g/mol. The molecule has 0 aliphatic heterocycles. The Labute approximate surface area is 81.5 Å². The van der Waals surface area contributed by atoms with E-state index in [1.165, 1.54) is 0 Å². The second-order valence-electron chi connectivity index (χ2n) is 4.31. The minimum atomic E-state index is 0.329. The molecule has 74 valence electrons. The molecule has 2 atom stereocenters. The molecule has 0 aliphatic carbocycles. The highest BCUT2D eigenvalue weighted by Gasteiger charge is 2.28. The van der Waals surface area contributed by atoms with Crippen molar-refractivity contribution >= 4 is 11.8 Å². The fourth-order valence-corrected chi connectivity index (χ4v) is 2.71. The first-order valence-electron chi connectivity index (χ1n) is 4.80. The molecule has 0 aromatic carbocycles. The Bertz CT molecular complexity index is 117. The molecule has 0 aromatic rings. The average Bonchev–Trinajstić information content (AvgIpc) is 1.96. The molecule has 0 fully saturated rings. The largest absolute Gasteiger partial charge is 0.327 e. The molecular weight excluding hydrogens is 166 g/mol. The highest BCUT2D eigenvalue weighted by Crippen LogP contribution is 2.32. The van der Waals surface area contributed by atoms with Crippen LogP contribution in [0.2, 0.25) is 0 Å². The highest BCUT2D eigenvalue weighted by atomic mass is 32.2. The van der Waals surface area contributed by atoms with E-state index in [1.807, 2.05) is 11.8 Å². The predicted molar refractivity (Wildman–Crippen MR) is 59.6 cm³/mol. The predicted octanol–water partition coefficient (Wildman–Crippen LogP) is 2.89. The maximum absolute atomic E-state index is 6.07. The van der Waals surface area contributed by atoms with Gasteiger partial charge in [0.1, 0.15) is 0 Å². The van der Waals surface area contributed by atoms with E-state index in [-0.39, 0.29) is 0 Å². The second-order valence-corrected chi connectivity index (χ2v) is 5.73. The van der Waals surface area contributed by atoms with E-state index >= 15 is 0 Å². The molecule has 2 N–H and O–H groups in total. The number of nitrogens with two attached hydrogens (primary N) is 1. The summed E-state index contributed by atoms with van der Waals surface area (Å²) < 4.78 is 0. The molecular formula is C10H23NS. The van der Waals surface area contributed by atoms with E-state index in [0.29, 0.717) is 16.7 Å². The summed E-state index contributed by atoms with van der Waals surface area (Å²) in [6, 6.07) is 0.343. The number of hydrogen-bond acceptors (Lipinski definition) is 2. The zero-order valence-corrected chi connectivity index (χ0v) is 9.87. The molecule has 2 unspecified atom stereocenters. The van der Waals surface area contributed by atoms with E-state index in [2.05, 4.69) is 34.6 Å². The monoisotopic (exact) mass is 189 g/mol. The standard InChI is InChI=1S/C10H23NS/c1-6-8(11)9(12-7-2)10(3,4)5/h8-9H,6-7,11H2,1-5H3. The molecule has 0 spiro atoms. The van der Waals surface area contributed by atoms with Gasteiger partial charge in [0.15, 0.2) is 0 Å². The third-order valence-electron chi connectivity index (χ3n) is 2.06. The Morgan fingerprint density at radius 3 is 2.00 bits per heavy atom. The smallest absolute Gasteiger partial charge is 0.0247 e. The van der Waals surface area contributed by atoms with Crippen LogP contribution >= 0.6 is 11.8 Å². The van der Waals surface area contributed by atoms with Crippen molar-refractivity contribution in [1.82, 2.24) is 0 Å². The SMILES string of the molecule is CCSC(C(N)CC)C(C)(C)C. The van der Waals surface area contributed by atoms with Crippen LogP contribution < -0.4 is 5.73 Å². The van der Waals surface area contributed by atoms with E-state index < -0.39 is 0 Å². The fraction of sp³-hybridized carbons (Fsp3) is 1.00. The topological polar surface area (TPSA) is 26.0 Å². The van der Waals surface area contributed by atoms with Gasteiger partial charge in [-0.15, -0.1) is 0 Å². The lowest BCUT2D eigenvalue weighted by molar-refractivity contribution is 0.350. The molecule has 0 saturated heterocycles. The van der Waals surface area contributed by atoms with Gasteiger partial charge in [-0.2, -0.15) is 11.8 Å². The van der Waals surface area contributed by atoms with Crippen molar-refractivity contribution in [3.8, 4) is 0 Å². The summed E-state index contributed by atoms with van der Waals surface area (Å²) in [7, 11) is 0. The lowest BCUT2D eigenvalue weighted by atomic mass is 9.87. The minimum Gasteiger partial charge on any atom is -0.327 e. The summed E-state index contributed by atoms with van der Waals surface area (Å²) in [5, 5.41) is 0.590. The molecule has 0 heterocycles. The van der Waals surface area contributed by atoms with Gasteiger partial charge >= 0.3 is 0 Å². The van der Waals surface area contributed by atoms with Crippen LogP contribution in [0.4, 0.5) is 0 Å². The van der Waals surface area contributed by atoms with Gasteiger partial charge in [-0.05, 0) is 17.6 Å². The van der Waals surface area contributed by atoms with Crippen molar-refractivity contribution in [2.75, 3.05) is 5.75 Å². The zero-order chi connectivity index (χ0) is 9.78. The van der Waals surface area contributed by atoms with Crippen LogP contribution in [0.25, 0.3) is 0 Å². The van der Waals surface area contributed by atoms with Crippen LogP contribution in [-0.2, 0) is 0 Å². The van der Waals surface area contributed by atoms with Crippen molar-refractivity contribution in [2.45, 2.75) is 52.3 Å². The Morgan fingerprint density at radius 2 is 1.75 bits per heavy atom. The summed E-state index contributed by atoms with van der Waals surface area (Å²) >= 11 is 1.99. The van der Waals surface area contributed by atoms with Crippen LogP contribution in [0, 0.1) is 5.41 Å². The van der Waals surface area contributed by atoms with Crippen molar-refractivity contribution in [3.05, 3.63) is 0 Å². The molecule has 0 bridgehead atoms. The normalized spacial score (nSPS) is 17.5. The third-order valence-corrected chi connectivity index (χ3v) is 3.81. The lowest BCUT2D eigenvalue weighted by Crippen LogP contribution is -2.40. The van der Waals surface area contributed by atoms with Crippen LogP contribution in [0.5, 0.6) is 0 Å². The maximum Gasteiger partial charge on any atom is 0.0247 e. The second kappa shape index (κ2) is 5.13. The van der Waals surface area contributed by atoms with E-state index in [0.717, 1.165) is 12.2 Å². The first-order chi connectivity index (χ1) is 5.43. The van der Waals surface area contributed by atoms with Crippen molar-refractivity contribution < 1.29 is 0 Å². The minimum absolute atomic E-state index is 0.329. The van der Waals surface area contributed by atoms with E-state index in [9.17, 15) is 0 Å². The summed E-state index contributed by atoms with van der Waals surface area (Å²) in [5.41, 5.74) is 6.40. The molecule has 0 rings (SSSR count). The number of rotatable bonds is 4. The fourth-order valence-electron chi connectivity index (χ4n) is 1.41. The van der Waals surface area contributed by atoms with Crippen LogP contribution in [0.15, 0.2) is 0 Å².